The van der Waals surface area contributed by atoms with E-state index in [1.807, 2.05) is 0 Å². The smallest absolute Gasteiger partial charge is 0.333 e. The lowest BCUT2D eigenvalue weighted by Crippen LogP contribution is -2.28. The number of halogens is 2. The van der Waals surface area contributed by atoms with Crippen LogP contribution in [0.25, 0.3) is 0 Å². The lowest BCUT2D eigenvalue weighted by molar-refractivity contribution is -0.133. The molecular weight excluding hydrogens is 201 g/mol. The van der Waals surface area contributed by atoms with Crippen LogP contribution in [0.5, 0.6) is 0 Å². The van der Waals surface area contributed by atoms with Crippen LogP contribution >= 0.6 is 23.2 Å². The van der Waals surface area contributed by atoms with Crippen molar-refractivity contribution < 1.29 is 9.90 Å². The van der Waals surface area contributed by atoms with Crippen LogP contribution in [0.15, 0.2) is 11.3 Å². The third-order valence-corrected chi connectivity index (χ3v) is 2.58. The van der Waals surface area contributed by atoms with E-state index < -0.39 is 11.3 Å². The molecular formula is C7H9Cl2NO2. The van der Waals surface area contributed by atoms with Gasteiger partial charge in [0.05, 0.1) is 11.0 Å². The van der Waals surface area contributed by atoms with Crippen molar-refractivity contribution in [3.05, 3.63) is 11.3 Å². The first kappa shape index (κ1) is 9.68. The predicted octanol–water partition coefficient (Wildman–Crippen LogP) is 1.29. The summed E-state index contributed by atoms with van der Waals surface area (Å²) in [6.07, 6.45) is 0.831. The van der Waals surface area contributed by atoms with E-state index >= 15 is 0 Å². The van der Waals surface area contributed by atoms with Crippen LogP contribution in [-0.2, 0) is 4.79 Å². The molecule has 5 heteroatoms. The fourth-order valence-electron chi connectivity index (χ4n) is 1.17. The molecule has 0 radical (unpaired) electrons. The molecule has 1 aliphatic carbocycles. The van der Waals surface area contributed by atoms with E-state index in [-0.39, 0.29) is 16.6 Å². The summed E-state index contributed by atoms with van der Waals surface area (Å²) >= 11 is 11.5. The quantitative estimate of drug-likeness (QED) is 0.641. The molecule has 0 amide bonds. The molecule has 0 fully saturated rings. The molecule has 1 aliphatic rings. The number of alkyl halides is 2. The van der Waals surface area contributed by atoms with Crippen molar-refractivity contribution >= 4 is 29.2 Å². The van der Waals surface area contributed by atoms with Gasteiger partial charge < -0.3 is 10.8 Å². The van der Waals surface area contributed by atoms with Crippen LogP contribution in [0.1, 0.15) is 12.8 Å². The minimum atomic E-state index is -1.02. The van der Waals surface area contributed by atoms with Gasteiger partial charge in [0.2, 0.25) is 0 Å². The summed E-state index contributed by atoms with van der Waals surface area (Å²) in [5.41, 5.74) is 5.90. The number of rotatable bonds is 1. The molecule has 0 saturated heterocycles. The largest absolute Gasteiger partial charge is 0.478 e. The zero-order valence-corrected chi connectivity index (χ0v) is 7.77. The van der Waals surface area contributed by atoms with Gasteiger partial charge in [-0.15, -0.1) is 23.2 Å². The summed E-state index contributed by atoms with van der Waals surface area (Å²) in [5, 5.41) is 8.03. The Morgan fingerprint density at radius 2 is 2.17 bits per heavy atom. The van der Waals surface area contributed by atoms with Gasteiger partial charge in [0.25, 0.3) is 0 Å². The Hall–Kier alpha value is -0.410. The van der Waals surface area contributed by atoms with Crippen molar-refractivity contribution in [3.8, 4) is 0 Å². The lowest BCUT2D eigenvalue weighted by atomic mass is 9.96. The highest BCUT2D eigenvalue weighted by Gasteiger charge is 2.28. The first-order valence-corrected chi connectivity index (χ1v) is 4.39. The molecule has 0 heterocycles. The maximum atomic E-state index is 10.6. The number of hydrogen-bond acceptors (Lipinski definition) is 2. The van der Waals surface area contributed by atoms with Gasteiger partial charge in [-0.25, -0.2) is 4.79 Å². The Morgan fingerprint density at radius 1 is 1.58 bits per heavy atom. The molecule has 0 aromatic rings. The van der Waals surface area contributed by atoms with Crippen molar-refractivity contribution in [1.29, 1.82) is 0 Å². The van der Waals surface area contributed by atoms with Crippen LogP contribution in [0.3, 0.4) is 0 Å². The average Bonchev–Trinajstić information content (AvgIpc) is 1.96. The Morgan fingerprint density at radius 3 is 2.67 bits per heavy atom. The third-order valence-electron chi connectivity index (χ3n) is 1.83. The zero-order valence-electron chi connectivity index (χ0n) is 6.26. The third kappa shape index (κ3) is 1.84. The Balaban J connectivity index is 2.93. The summed E-state index contributed by atoms with van der Waals surface area (Å²) in [7, 11) is 0. The van der Waals surface area contributed by atoms with Gasteiger partial charge in [0.15, 0.2) is 0 Å². The fraction of sp³-hybridized carbons (Fsp3) is 0.571. The highest BCUT2D eigenvalue weighted by molar-refractivity contribution is 6.25. The molecule has 0 aromatic carbocycles. The van der Waals surface area contributed by atoms with E-state index in [9.17, 15) is 4.79 Å². The Kier molecular flexibility index (Phi) is 2.85. The average molecular weight is 210 g/mol. The van der Waals surface area contributed by atoms with Crippen molar-refractivity contribution in [1.82, 2.24) is 0 Å². The second-order valence-electron chi connectivity index (χ2n) is 2.74. The van der Waals surface area contributed by atoms with Crippen LogP contribution in [0, 0.1) is 0 Å². The van der Waals surface area contributed by atoms with Gasteiger partial charge in [-0.1, -0.05) is 0 Å². The summed E-state index contributed by atoms with van der Waals surface area (Å²) in [4.78, 5) is 10.6. The van der Waals surface area contributed by atoms with Crippen molar-refractivity contribution in [2.24, 2.45) is 5.73 Å². The number of aliphatic carboxylic acids is 1. The van der Waals surface area contributed by atoms with E-state index in [1.165, 1.54) is 0 Å². The number of allylic oxidation sites excluding steroid dienone is 1. The second kappa shape index (κ2) is 3.54. The van der Waals surface area contributed by atoms with E-state index in [0.717, 1.165) is 0 Å². The predicted molar refractivity (Wildman–Crippen MR) is 47.4 cm³/mol. The number of carboxylic acid groups (broad SMARTS) is 1. The van der Waals surface area contributed by atoms with E-state index in [2.05, 4.69) is 0 Å². The molecule has 3 nitrogen and oxygen atoms in total. The van der Waals surface area contributed by atoms with Crippen molar-refractivity contribution in [2.75, 3.05) is 0 Å². The first-order chi connectivity index (χ1) is 5.52. The molecule has 68 valence electrons. The van der Waals surface area contributed by atoms with Gasteiger partial charge in [0.1, 0.15) is 0 Å². The molecule has 0 aliphatic heterocycles. The van der Waals surface area contributed by atoms with E-state index in [0.29, 0.717) is 12.8 Å². The molecule has 3 N–H and O–H groups in total. The zero-order chi connectivity index (χ0) is 9.30. The van der Waals surface area contributed by atoms with Crippen molar-refractivity contribution in [3.63, 3.8) is 0 Å². The van der Waals surface area contributed by atoms with Gasteiger partial charge in [-0.05, 0) is 12.8 Å². The van der Waals surface area contributed by atoms with Crippen LogP contribution in [-0.4, -0.2) is 21.8 Å². The number of carbonyl (C=O) groups is 1. The summed E-state index contributed by atoms with van der Waals surface area (Å²) in [6.45, 7) is 0. The SMILES string of the molecule is NC1=C(C(=O)O)CC(Cl)CC1Cl. The topological polar surface area (TPSA) is 63.3 Å². The van der Waals surface area contributed by atoms with Gasteiger partial charge in [-0.2, -0.15) is 0 Å². The summed E-state index contributed by atoms with van der Waals surface area (Å²) in [6, 6.07) is 0. The molecule has 12 heavy (non-hydrogen) atoms. The minimum Gasteiger partial charge on any atom is -0.478 e. The summed E-state index contributed by atoms with van der Waals surface area (Å²) < 4.78 is 0. The Bertz CT molecular complexity index is 240. The van der Waals surface area contributed by atoms with E-state index in [1.54, 1.807) is 0 Å². The van der Waals surface area contributed by atoms with Crippen molar-refractivity contribution in [2.45, 2.75) is 23.6 Å². The first-order valence-electron chi connectivity index (χ1n) is 3.52. The standard InChI is InChI=1S/C7H9Cl2NO2/c8-3-1-4(7(11)12)6(10)5(9)2-3/h3,5H,1-2,10H2,(H,11,12). The molecule has 0 spiro atoms. The van der Waals surface area contributed by atoms with Crippen LogP contribution < -0.4 is 5.73 Å². The minimum absolute atomic E-state index is 0.154. The number of hydrogen-bond donors (Lipinski definition) is 2. The number of nitrogens with two attached hydrogens (primary N) is 1. The number of carboxylic acids is 1. The second-order valence-corrected chi connectivity index (χ2v) is 3.89. The monoisotopic (exact) mass is 209 g/mol. The van der Waals surface area contributed by atoms with Gasteiger partial charge in [0, 0.05) is 11.1 Å². The lowest BCUT2D eigenvalue weighted by Gasteiger charge is -2.22. The molecule has 0 saturated carbocycles. The maximum absolute atomic E-state index is 10.6. The maximum Gasteiger partial charge on any atom is 0.333 e. The highest BCUT2D eigenvalue weighted by Crippen LogP contribution is 2.29. The van der Waals surface area contributed by atoms with Crippen LogP contribution in [0.4, 0.5) is 0 Å². The fourth-order valence-corrected chi connectivity index (χ4v) is 1.94. The summed E-state index contributed by atoms with van der Waals surface area (Å²) in [5.74, 6) is -1.02. The molecule has 0 aromatic heterocycles. The molecule has 0 bridgehead atoms. The van der Waals surface area contributed by atoms with Crippen LogP contribution in [0.2, 0.25) is 0 Å². The molecule has 1 rings (SSSR count). The van der Waals surface area contributed by atoms with E-state index in [4.69, 9.17) is 34.0 Å². The Labute approximate surface area is 80.1 Å². The normalized spacial score (nSPS) is 30.5. The molecule has 2 atom stereocenters. The van der Waals surface area contributed by atoms with Gasteiger partial charge in [-0.3, -0.25) is 0 Å². The highest BCUT2D eigenvalue weighted by atomic mass is 35.5. The van der Waals surface area contributed by atoms with Gasteiger partial charge >= 0.3 is 5.97 Å². The molecule has 2 unspecified atom stereocenters.